The molecule has 0 N–H and O–H groups in total. The Balaban J connectivity index is 1.85. The first-order valence-corrected chi connectivity index (χ1v) is 11.1. The van der Waals surface area contributed by atoms with Crippen molar-refractivity contribution in [2.45, 2.75) is 19.4 Å². The van der Waals surface area contributed by atoms with Gasteiger partial charge in [0.2, 0.25) is 0 Å². The van der Waals surface area contributed by atoms with E-state index in [0.717, 1.165) is 28.5 Å². The van der Waals surface area contributed by atoms with E-state index in [1.807, 2.05) is 42.5 Å². The van der Waals surface area contributed by atoms with E-state index in [4.69, 9.17) is 14.2 Å². The number of hydrogen-bond acceptors (Lipinski definition) is 6. The van der Waals surface area contributed by atoms with Crippen molar-refractivity contribution in [2.24, 2.45) is 0 Å². The van der Waals surface area contributed by atoms with Gasteiger partial charge in [0.25, 0.3) is 11.1 Å². The van der Waals surface area contributed by atoms with Gasteiger partial charge in [0.15, 0.2) is 11.5 Å². The summed E-state index contributed by atoms with van der Waals surface area (Å²) in [5.41, 5.74) is 2.69. The first-order valence-electron chi connectivity index (χ1n) is 10.3. The number of carbonyl (C=O) groups is 2. The summed E-state index contributed by atoms with van der Waals surface area (Å²) in [5.74, 6) is 0.914. The highest BCUT2D eigenvalue weighted by molar-refractivity contribution is 8.18. The molecule has 3 rings (SSSR count). The quantitative estimate of drug-likeness (QED) is 0.269. The molecule has 2 aromatic carbocycles. The van der Waals surface area contributed by atoms with Crippen LogP contribution in [0.3, 0.4) is 0 Å². The molecule has 7 heteroatoms. The molecule has 1 fully saturated rings. The van der Waals surface area contributed by atoms with Gasteiger partial charge in [-0.3, -0.25) is 14.5 Å². The van der Waals surface area contributed by atoms with Crippen LogP contribution in [0, 0.1) is 0 Å². The average Bonchev–Trinajstić information content (AvgIpc) is 3.06. The molecule has 0 bridgehead atoms. The molecule has 1 saturated heterocycles. The van der Waals surface area contributed by atoms with E-state index in [0.29, 0.717) is 49.0 Å². The standard InChI is InChI=1S/C25H27NO5S/c1-4-9-20-14-19(16-22-24(27)26(25(28)32-22)12-8-13-29-2)15-21(30-3)23(20)31-17-18-10-6-5-7-11-18/h4-7,10-11,14-16H,1,8-9,12-13,17H2,2-3H3/b22-16+. The number of ether oxygens (including phenoxy) is 3. The Labute approximate surface area is 192 Å². The lowest BCUT2D eigenvalue weighted by molar-refractivity contribution is -0.122. The third kappa shape index (κ3) is 5.81. The zero-order valence-electron chi connectivity index (χ0n) is 18.3. The highest BCUT2D eigenvalue weighted by Gasteiger charge is 2.34. The normalized spacial score (nSPS) is 14.8. The van der Waals surface area contributed by atoms with Crippen LogP contribution in [0.15, 0.2) is 60.0 Å². The van der Waals surface area contributed by atoms with Crippen LogP contribution in [0.1, 0.15) is 23.1 Å². The number of hydrogen-bond donors (Lipinski definition) is 0. The van der Waals surface area contributed by atoms with Gasteiger partial charge in [0, 0.05) is 25.8 Å². The molecular weight excluding hydrogens is 426 g/mol. The summed E-state index contributed by atoms with van der Waals surface area (Å²) in [6, 6.07) is 13.6. The zero-order chi connectivity index (χ0) is 22.9. The van der Waals surface area contributed by atoms with Crippen LogP contribution in [0.25, 0.3) is 6.08 Å². The molecule has 0 aromatic heterocycles. The van der Waals surface area contributed by atoms with Crippen molar-refractivity contribution in [1.29, 1.82) is 0 Å². The van der Waals surface area contributed by atoms with Crippen LogP contribution in [0.4, 0.5) is 4.79 Å². The van der Waals surface area contributed by atoms with Gasteiger partial charge in [-0.2, -0.15) is 0 Å². The first-order chi connectivity index (χ1) is 15.6. The number of methoxy groups -OCH3 is 2. The minimum Gasteiger partial charge on any atom is -0.493 e. The lowest BCUT2D eigenvalue weighted by atomic mass is 10.0. The lowest BCUT2D eigenvalue weighted by Crippen LogP contribution is -2.29. The second kappa shape index (κ2) is 11.5. The van der Waals surface area contributed by atoms with E-state index >= 15 is 0 Å². The van der Waals surface area contributed by atoms with E-state index in [2.05, 4.69) is 6.58 Å². The summed E-state index contributed by atoms with van der Waals surface area (Å²) in [7, 11) is 3.17. The smallest absolute Gasteiger partial charge is 0.293 e. The number of nitrogens with zero attached hydrogens (tertiary/aromatic N) is 1. The van der Waals surface area contributed by atoms with Gasteiger partial charge in [-0.1, -0.05) is 36.4 Å². The van der Waals surface area contributed by atoms with Crippen molar-refractivity contribution < 1.29 is 23.8 Å². The molecule has 2 amide bonds. The van der Waals surface area contributed by atoms with Crippen LogP contribution in [-0.4, -0.2) is 43.4 Å². The third-order valence-electron chi connectivity index (χ3n) is 4.87. The van der Waals surface area contributed by atoms with E-state index in [-0.39, 0.29) is 11.1 Å². The lowest BCUT2D eigenvalue weighted by Gasteiger charge is -2.16. The first kappa shape index (κ1) is 23.6. The highest BCUT2D eigenvalue weighted by Crippen LogP contribution is 2.37. The average molecular weight is 454 g/mol. The summed E-state index contributed by atoms with van der Waals surface area (Å²) in [6.07, 6.45) is 4.68. The van der Waals surface area contributed by atoms with Crippen LogP contribution < -0.4 is 9.47 Å². The Hall–Kier alpha value is -3.03. The van der Waals surface area contributed by atoms with E-state index < -0.39 is 0 Å². The van der Waals surface area contributed by atoms with Crippen molar-refractivity contribution in [2.75, 3.05) is 27.4 Å². The summed E-state index contributed by atoms with van der Waals surface area (Å²) in [6.45, 7) is 5.08. The molecule has 168 valence electrons. The summed E-state index contributed by atoms with van der Waals surface area (Å²) >= 11 is 0.945. The molecule has 0 saturated carbocycles. The van der Waals surface area contributed by atoms with Crippen LogP contribution >= 0.6 is 11.8 Å². The van der Waals surface area contributed by atoms with Crippen LogP contribution in [-0.2, 0) is 22.6 Å². The van der Waals surface area contributed by atoms with Gasteiger partial charge in [-0.25, -0.2) is 0 Å². The van der Waals surface area contributed by atoms with Gasteiger partial charge >= 0.3 is 0 Å². The molecule has 0 spiro atoms. The molecule has 1 heterocycles. The Kier molecular flexibility index (Phi) is 8.53. The number of imide groups is 1. The van der Waals surface area contributed by atoms with Crippen molar-refractivity contribution in [3.8, 4) is 11.5 Å². The molecule has 1 aliphatic heterocycles. The van der Waals surface area contributed by atoms with Crippen LogP contribution in [0.2, 0.25) is 0 Å². The maximum atomic E-state index is 12.7. The molecule has 6 nitrogen and oxygen atoms in total. The summed E-state index contributed by atoms with van der Waals surface area (Å²) in [4.78, 5) is 26.6. The highest BCUT2D eigenvalue weighted by atomic mass is 32.2. The van der Waals surface area contributed by atoms with Crippen molar-refractivity contribution >= 4 is 29.0 Å². The fourth-order valence-corrected chi connectivity index (χ4v) is 4.20. The number of benzene rings is 2. The molecule has 2 aromatic rings. The molecule has 1 aliphatic rings. The van der Waals surface area contributed by atoms with Crippen molar-refractivity contribution in [1.82, 2.24) is 4.90 Å². The summed E-state index contributed by atoms with van der Waals surface area (Å²) in [5, 5.41) is -0.265. The van der Waals surface area contributed by atoms with Crippen molar-refractivity contribution in [3.05, 3.63) is 76.7 Å². The number of allylic oxidation sites excluding steroid dienone is 1. The number of carbonyl (C=O) groups excluding carboxylic acids is 2. The molecule has 0 unspecified atom stereocenters. The largest absolute Gasteiger partial charge is 0.493 e. The minimum absolute atomic E-state index is 0.265. The van der Waals surface area contributed by atoms with Gasteiger partial charge < -0.3 is 14.2 Å². The Morgan fingerprint density at radius 1 is 1.12 bits per heavy atom. The Morgan fingerprint density at radius 3 is 2.59 bits per heavy atom. The Bertz CT molecular complexity index is 1000. The minimum atomic E-state index is -0.287. The molecule has 32 heavy (non-hydrogen) atoms. The van der Waals surface area contributed by atoms with Gasteiger partial charge in [-0.15, -0.1) is 6.58 Å². The van der Waals surface area contributed by atoms with E-state index in [9.17, 15) is 9.59 Å². The van der Waals surface area contributed by atoms with Gasteiger partial charge in [-0.05, 0) is 53.9 Å². The number of amides is 2. The predicted molar refractivity (Wildman–Crippen MR) is 127 cm³/mol. The molecule has 0 radical (unpaired) electrons. The maximum Gasteiger partial charge on any atom is 0.293 e. The fourth-order valence-electron chi connectivity index (χ4n) is 3.33. The topological polar surface area (TPSA) is 65.1 Å². The van der Waals surface area contributed by atoms with Crippen molar-refractivity contribution in [3.63, 3.8) is 0 Å². The Morgan fingerprint density at radius 2 is 1.91 bits per heavy atom. The molecule has 0 atom stereocenters. The third-order valence-corrected chi connectivity index (χ3v) is 5.77. The van der Waals surface area contributed by atoms with E-state index in [1.165, 1.54) is 4.90 Å². The second-order valence-corrected chi connectivity index (χ2v) is 8.15. The summed E-state index contributed by atoms with van der Waals surface area (Å²) < 4.78 is 16.7. The SMILES string of the molecule is C=CCc1cc(/C=C2/SC(=O)N(CCCOC)C2=O)cc(OC)c1OCc1ccccc1. The van der Waals surface area contributed by atoms with Gasteiger partial charge in [0.1, 0.15) is 6.61 Å². The maximum absolute atomic E-state index is 12.7. The fraction of sp³-hybridized carbons (Fsp3) is 0.280. The predicted octanol–water partition coefficient (Wildman–Crippen LogP) is 5.08. The monoisotopic (exact) mass is 453 g/mol. The molecular formula is C25H27NO5S. The number of thioether (sulfide) groups is 1. The zero-order valence-corrected chi connectivity index (χ0v) is 19.2. The number of rotatable bonds is 11. The molecule has 0 aliphatic carbocycles. The second-order valence-electron chi connectivity index (χ2n) is 7.16. The van der Waals surface area contributed by atoms with E-state index in [1.54, 1.807) is 26.4 Å². The van der Waals surface area contributed by atoms with Gasteiger partial charge in [0.05, 0.1) is 12.0 Å². The van der Waals surface area contributed by atoms with Crippen LogP contribution in [0.5, 0.6) is 11.5 Å².